The molecular formula is C24H20. The molecule has 4 atom stereocenters. The quantitative estimate of drug-likeness (QED) is 0.493. The van der Waals surface area contributed by atoms with Crippen molar-refractivity contribution in [2.45, 2.75) is 12.8 Å². The molecule has 0 saturated heterocycles. The van der Waals surface area contributed by atoms with E-state index in [-0.39, 0.29) is 0 Å². The van der Waals surface area contributed by atoms with Gasteiger partial charge in [-0.3, -0.25) is 0 Å². The molecule has 2 aromatic rings. The van der Waals surface area contributed by atoms with Crippen LogP contribution in [0.5, 0.6) is 0 Å². The van der Waals surface area contributed by atoms with Crippen molar-refractivity contribution in [2.75, 3.05) is 0 Å². The van der Waals surface area contributed by atoms with E-state index < -0.39 is 0 Å². The largest absolute Gasteiger partial charge is 0.0800 e. The summed E-state index contributed by atoms with van der Waals surface area (Å²) in [4.78, 5) is 0. The molecular weight excluding hydrogens is 288 g/mol. The van der Waals surface area contributed by atoms with Crippen LogP contribution in [-0.2, 0) is 0 Å². The maximum atomic E-state index is 3.58. The molecule has 4 aliphatic carbocycles. The molecule has 4 aliphatic rings. The van der Waals surface area contributed by atoms with Crippen LogP contribution in [0, 0.1) is 35.5 Å². The molecule has 1 fully saturated rings. The van der Waals surface area contributed by atoms with Gasteiger partial charge in [0, 0.05) is 23.0 Å². The van der Waals surface area contributed by atoms with Gasteiger partial charge in [-0.05, 0) is 47.9 Å². The third kappa shape index (κ3) is 2.09. The van der Waals surface area contributed by atoms with Gasteiger partial charge in [-0.25, -0.2) is 0 Å². The van der Waals surface area contributed by atoms with Gasteiger partial charge in [0.25, 0.3) is 0 Å². The number of hydrogen-bond donors (Lipinski definition) is 0. The Balaban J connectivity index is 1.65. The Morgan fingerprint density at radius 2 is 1.29 bits per heavy atom. The lowest BCUT2D eigenvalue weighted by molar-refractivity contribution is 0.0993. The van der Waals surface area contributed by atoms with Gasteiger partial charge < -0.3 is 0 Å². The molecule has 116 valence electrons. The summed E-state index contributed by atoms with van der Waals surface area (Å²) >= 11 is 0. The van der Waals surface area contributed by atoms with Crippen LogP contribution in [-0.4, -0.2) is 0 Å². The number of allylic oxidation sites excluding steroid dienone is 4. The molecule has 0 aromatic heterocycles. The van der Waals surface area contributed by atoms with Crippen LogP contribution in [0.3, 0.4) is 0 Å². The highest BCUT2D eigenvalue weighted by atomic mass is 14.5. The van der Waals surface area contributed by atoms with Gasteiger partial charge in [0.1, 0.15) is 0 Å². The number of rotatable bonds is 1. The van der Waals surface area contributed by atoms with Crippen molar-refractivity contribution in [1.82, 2.24) is 0 Å². The van der Waals surface area contributed by atoms with Gasteiger partial charge in [0.15, 0.2) is 0 Å². The van der Waals surface area contributed by atoms with Crippen LogP contribution in [0.15, 0.2) is 78.4 Å². The SMILES string of the molecule is C(#Cc1ccccc1)C1=C(c2ccccc2)[C@H]2C=C[C@@H]1[C@@H]1CC[C@@H]12. The summed E-state index contributed by atoms with van der Waals surface area (Å²) in [6.45, 7) is 0. The molecule has 24 heavy (non-hydrogen) atoms. The van der Waals surface area contributed by atoms with Gasteiger partial charge in [-0.1, -0.05) is 72.5 Å². The van der Waals surface area contributed by atoms with Crippen molar-refractivity contribution in [3.05, 3.63) is 89.5 Å². The van der Waals surface area contributed by atoms with Gasteiger partial charge in [0.05, 0.1) is 0 Å². The fraction of sp³-hybridized carbons (Fsp3) is 0.250. The van der Waals surface area contributed by atoms with Crippen molar-refractivity contribution >= 4 is 5.57 Å². The van der Waals surface area contributed by atoms with Crippen LogP contribution < -0.4 is 0 Å². The molecule has 0 N–H and O–H groups in total. The van der Waals surface area contributed by atoms with E-state index in [0.717, 1.165) is 17.4 Å². The van der Waals surface area contributed by atoms with Crippen LogP contribution >= 0.6 is 0 Å². The molecule has 0 unspecified atom stereocenters. The van der Waals surface area contributed by atoms with Crippen molar-refractivity contribution < 1.29 is 0 Å². The first-order valence-corrected chi connectivity index (χ1v) is 8.97. The summed E-state index contributed by atoms with van der Waals surface area (Å²) in [6, 6.07) is 21.3. The third-order valence-electron chi connectivity index (χ3n) is 5.99. The summed E-state index contributed by atoms with van der Waals surface area (Å²) < 4.78 is 0. The lowest BCUT2D eigenvalue weighted by Crippen LogP contribution is -2.44. The first kappa shape index (κ1) is 13.9. The van der Waals surface area contributed by atoms with E-state index in [1.807, 2.05) is 6.07 Å². The van der Waals surface area contributed by atoms with Crippen molar-refractivity contribution in [3.8, 4) is 11.8 Å². The maximum absolute atomic E-state index is 3.58. The van der Waals surface area contributed by atoms with Crippen LogP contribution in [0.2, 0.25) is 0 Å². The van der Waals surface area contributed by atoms with Crippen molar-refractivity contribution in [3.63, 3.8) is 0 Å². The van der Waals surface area contributed by atoms with E-state index in [9.17, 15) is 0 Å². The fourth-order valence-corrected chi connectivity index (χ4v) is 4.73. The fourth-order valence-electron chi connectivity index (χ4n) is 4.73. The molecule has 2 bridgehead atoms. The van der Waals surface area contributed by atoms with Gasteiger partial charge >= 0.3 is 0 Å². The zero-order valence-electron chi connectivity index (χ0n) is 13.7. The number of hydrogen-bond acceptors (Lipinski definition) is 0. The Morgan fingerprint density at radius 3 is 2.00 bits per heavy atom. The molecule has 0 aliphatic heterocycles. The van der Waals surface area contributed by atoms with Gasteiger partial charge in [-0.2, -0.15) is 0 Å². The predicted octanol–water partition coefficient (Wildman–Crippen LogP) is 5.33. The van der Waals surface area contributed by atoms with E-state index in [0.29, 0.717) is 11.8 Å². The highest BCUT2D eigenvalue weighted by molar-refractivity contribution is 5.79. The summed E-state index contributed by atoms with van der Waals surface area (Å²) in [7, 11) is 0. The molecule has 2 aromatic carbocycles. The Labute approximate surface area is 143 Å². The lowest BCUT2D eigenvalue weighted by atomic mass is 9.51. The summed E-state index contributed by atoms with van der Waals surface area (Å²) in [5.74, 6) is 9.76. The summed E-state index contributed by atoms with van der Waals surface area (Å²) in [6.07, 6.45) is 7.65. The number of benzene rings is 2. The van der Waals surface area contributed by atoms with Crippen molar-refractivity contribution in [1.29, 1.82) is 0 Å². The standard InChI is InChI=1S/C24H20/c1-3-7-17(8-4-1)11-12-22-21-15-16-23(20-14-13-19(20)21)24(22)18-9-5-2-6-10-18/h1-10,15-16,19-21,23H,13-14H2/t19-,20+,21-,23+/m1/s1. The average Bonchev–Trinajstić information content (AvgIpc) is 2.61. The van der Waals surface area contributed by atoms with E-state index in [4.69, 9.17) is 0 Å². The van der Waals surface area contributed by atoms with Crippen LogP contribution in [0.25, 0.3) is 5.57 Å². The third-order valence-corrected chi connectivity index (χ3v) is 5.99. The second kappa shape index (κ2) is 5.53. The predicted molar refractivity (Wildman–Crippen MR) is 99.0 cm³/mol. The first-order valence-electron chi connectivity index (χ1n) is 8.97. The maximum Gasteiger partial charge on any atom is 0.0248 e. The Morgan fingerprint density at radius 1 is 0.667 bits per heavy atom. The molecule has 0 heteroatoms. The van der Waals surface area contributed by atoms with E-state index >= 15 is 0 Å². The Kier molecular flexibility index (Phi) is 3.20. The topological polar surface area (TPSA) is 0 Å². The molecule has 1 saturated carbocycles. The van der Waals surface area contributed by atoms with E-state index in [1.165, 1.54) is 29.6 Å². The molecule has 0 amide bonds. The van der Waals surface area contributed by atoms with Crippen LogP contribution in [0.1, 0.15) is 24.0 Å². The first-order chi connectivity index (χ1) is 11.9. The summed E-state index contributed by atoms with van der Waals surface area (Å²) in [5.41, 5.74) is 5.33. The highest BCUT2D eigenvalue weighted by Crippen LogP contribution is 2.59. The normalized spacial score (nSPS) is 29.5. The lowest BCUT2D eigenvalue weighted by Gasteiger charge is -2.53. The Hall–Kier alpha value is -2.52. The second-order valence-electron chi connectivity index (χ2n) is 7.15. The molecule has 0 spiro atoms. The average molecular weight is 308 g/mol. The minimum Gasteiger partial charge on any atom is -0.0800 e. The van der Waals surface area contributed by atoms with Crippen molar-refractivity contribution in [2.24, 2.45) is 23.7 Å². The molecule has 0 nitrogen and oxygen atoms in total. The molecule has 6 rings (SSSR count). The second-order valence-corrected chi connectivity index (χ2v) is 7.15. The highest BCUT2D eigenvalue weighted by Gasteiger charge is 2.49. The minimum absolute atomic E-state index is 0.528. The van der Waals surface area contributed by atoms with Gasteiger partial charge in [0.2, 0.25) is 0 Å². The summed E-state index contributed by atoms with van der Waals surface area (Å²) in [5, 5.41) is 0. The van der Waals surface area contributed by atoms with E-state index in [2.05, 4.69) is 78.6 Å². The zero-order valence-corrected chi connectivity index (χ0v) is 13.7. The minimum atomic E-state index is 0.528. The van der Waals surface area contributed by atoms with E-state index in [1.54, 1.807) is 0 Å². The monoisotopic (exact) mass is 308 g/mol. The zero-order chi connectivity index (χ0) is 15.9. The molecule has 0 heterocycles. The molecule has 0 radical (unpaired) electrons. The smallest absolute Gasteiger partial charge is 0.0248 e. The van der Waals surface area contributed by atoms with Crippen LogP contribution in [0.4, 0.5) is 0 Å². The Bertz CT molecular complexity index is 874. The van der Waals surface area contributed by atoms with Gasteiger partial charge in [-0.15, -0.1) is 0 Å².